The molecule has 176 valence electrons. The average Bonchev–Trinajstić information content (AvgIpc) is 3.44. The minimum Gasteiger partial charge on any atom is -0.387 e. The van der Waals surface area contributed by atoms with Gasteiger partial charge in [-0.1, -0.05) is 72.3 Å². The van der Waals surface area contributed by atoms with Crippen LogP contribution in [-0.2, 0) is 25.9 Å². The first-order valence-corrected chi connectivity index (χ1v) is 12.7. The Labute approximate surface area is 206 Å². The number of H-pyrrole nitrogens is 1. The number of aryl methyl sites for hydroxylation is 2. The lowest BCUT2D eigenvalue weighted by Crippen LogP contribution is -2.41. The van der Waals surface area contributed by atoms with E-state index in [1.54, 1.807) is 0 Å². The molecule has 35 heavy (non-hydrogen) atoms. The summed E-state index contributed by atoms with van der Waals surface area (Å²) < 4.78 is 4.56. The zero-order valence-corrected chi connectivity index (χ0v) is 20.2. The van der Waals surface area contributed by atoms with E-state index in [2.05, 4.69) is 87.8 Å². The van der Waals surface area contributed by atoms with E-state index in [1.165, 1.54) is 40.6 Å². The van der Waals surface area contributed by atoms with Gasteiger partial charge in [-0.15, -0.1) is 0 Å². The smallest absolute Gasteiger partial charge is 0.242 e. The zero-order valence-electron chi connectivity index (χ0n) is 20.2. The molecule has 2 heterocycles. The van der Waals surface area contributed by atoms with Crippen LogP contribution in [0, 0.1) is 6.92 Å². The molecule has 1 unspecified atom stereocenters. The highest BCUT2D eigenvalue weighted by Crippen LogP contribution is 2.33. The van der Waals surface area contributed by atoms with Crippen molar-refractivity contribution < 1.29 is 9.67 Å². The van der Waals surface area contributed by atoms with Crippen molar-refractivity contribution in [2.75, 3.05) is 0 Å². The predicted molar refractivity (Wildman–Crippen MR) is 141 cm³/mol. The predicted octanol–water partition coefficient (Wildman–Crippen LogP) is 5.84. The van der Waals surface area contributed by atoms with E-state index in [-0.39, 0.29) is 0 Å². The van der Waals surface area contributed by atoms with Gasteiger partial charge in [-0.05, 0) is 50.3 Å². The van der Waals surface area contributed by atoms with Gasteiger partial charge in [0.25, 0.3) is 0 Å². The molecular formula is C31H32N3O+. The lowest BCUT2D eigenvalue weighted by Gasteiger charge is -2.18. The lowest BCUT2D eigenvalue weighted by molar-refractivity contribution is -0.692. The number of aliphatic hydroxyl groups is 1. The van der Waals surface area contributed by atoms with Crippen molar-refractivity contribution in [2.24, 2.45) is 0 Å². The first-order valence-electron chi connectivity index (χ1n) is 12.7. The Morgan fingerprint density at radius 2 is 1.63 bits per heavy atom. The maximum absolute atomic E-state index is 11.4. The normalized spacial score (nSPS) is 14.2. The number of aromatic amines is 1. The van der Waals surface area contributed by atoms with Crippen molar-refractivity contribution in [1.82, 2.24) is 9.55 Å². The highest BCUT2D eigenvalue weighted by atomic mass is 16.3. The van der Waals surface area contributed by atoms with Gasteiger partial charge < -0.3 is 9.67 Å². The van der Waals surface area contributed by atoms with Gasteiger partial charge in [0.05, 0.1) is 6.54 Å². The van der Waals surface area contributed by atoms with Gasteiger partial charge in [0.15, 0.2) is 11.4 Å². The van der Waals surface area contributed by atoms with E-state index in [0.29, 0.717) is 13.1 Å². The van der Waals surface area contributed by atoms with E-state index in [4.69, 9.17) is 0 Å². The molecule has 0 saturated heterocycles. The molecule has 0 aliphatic heterocycles. The Kier molecular flexibility index (Phi) is 5.75. The topological polar surface area (TPSA) is 44.8 Å². The van der Waals surface area contributed by atoms with Crippen molar-refractivity contribution >= 4 is 10.9 Å². The molecule has 1 aliphatic carbocycles. The van der Waals surface area contributed by atoms with E-state index in [0.717, 1.165) is 35.4 Å². The van der Waals surface area contributed by atoms with Gasteiger partial charge in [-0.3, -0.25) is 0 Å². The van der Waals surface area contributed by atoms with Crippen LogP contribution in [0.25, 0.3) is 33.4 Å². The largest absolute Gasteiger partial charge is 0.387 e. The monoisotopic (exact) mass is 462 g/mol. The van der Waals surface area contributed by atoms with Crippen molar-refractivity contribution in [3.8, 4) is 22.5 Å². The van der Waals surface area contributed by atoms with E-state index in [1.807, 2.05) is 18.5 Å². The summed E-state index contributed by atoms with van der Waals surface area (Å²) >= 11 is 0. The molecule has 4 nitrogen and oxygen atoms in total. The number of hydrogen-bond acceptors (Lipinski definition) is 1. The SMILES string of the molecule is Cc1ccc2c(c1)c1c(n2CC(O)C[n+]2c[nH]c(-c3ccccc3)c2-c2ccccc2)CCCC1. The molecule has 0 saturated carbocycles. The Morgan fingerprint density at radius 1 is 0.914 bits per heavy atom. The van der Waals surface area contributed by atoms with Gasteiger partial charge in [0.2, 0.25) is 6.33 Å². The number of aliphatic hydroxyl groups excluding tert-OH is 1. The maximum atomic E-state index is 11.4. The van der Waals surface area contributed by atoms with Crippen molar-refractivity contribution in [1.29, 1.82) is 0 Å². The number of fused-ring (bicyclic) bond motifs is 3. The third-order valence-corrected chi connectivity index (χ3v) is 7.33. The Hall–Kier alpha value is -3.63. The maximum Gasteiger partial charge on any atom is 0.242 e. The number of nitrogens with one attached hydrogen (secondary N) is 1. The van der Waals surface area contributed by atoms with Crippen LogP contribution in [0.3, 0.4) is 0 Å². The van der Waals surface area contributed by atoms with E-state index >= 15 is 0 Å². The quantitative estimate of drug-likeness (QED) is 0.306. The highest BCUT2D eigenvalue weighted by Gasteiger charge is 2.25. The molecule has 0 radical (unpaired) electrons. The standard InChI is InChI=1S/C31H31N3O/c1-22-16-17-29-27(18-22)26-14-8-9-15-28(26)34(29)20-25(35)19-33-21-32-30(23-10-4-2-5-11-23)31(33)24-12-6-3-7-13-24/h2-7,10-13,16-18,21,25,35H,8-9,14-15,19-20H2,1H3/p+1. The van der Waals surface area contributed by atoms with Crippen LogP contribution in [-0.4, -0.2) is 20.8 Å². The molecule has 2 N–H and O–H groups in total. The van der Waals surface area contributed by atoms with Crippen LogP contribution in [0.4, 0.5) is 0 Å². The third kappa shape index (κ3) is 4.08. The summed E-state index contributed by atoms with van der Waals surface area (Å²) in [7, 11) is 0. The van der Waals surface area contributed by atoms with Gasteiger partial charge in [-0.2, -0.15) is 0 Å². The van der Waals surface area contributed by atoms with Gasteiger partial charge >= 0.3 is 0 Å². The molecular weight excluding hydrogens is 430 g/mol. The summed E-state index contributed by atoms with van der Waals surface area (Å²) in [6, 6.07) is 27.6. The van der Waals surface area contributed by atoms with Crippen molar-refractivity contribution in [2.45, 2.75) is 51.8 Å². The average molecular weight is 463 g/mol. The first kappa shape index (κ1) is 21.9. The van der Waals surface area contributed by atoms with Crippen LogP contribution < -0.4 is 4.57 Å². The number of hydrogen-bond donors (Lipinski definition) is 2. The van der Waals surface area contributed by atoms with Gasteiger partial charge in [-0.25, -0.2) is 9.55 Å². The fourth-order valence-corrected chi connectivity index (χ4v) is 5.75. The molecule has 0 fully saturated rings. The summed E-state index contributed by atoms with van der Waals surface area (Å²) in [5, 5.41) is 12.8. The molecule has 0 spiro atoms. The number of aromatic nitrogens is 3. The summed E-state index contributed by atoms with van der Waals surface area (Å²) in [5.41, 5.74) is 9.92. The minimum absolute atomic E-state index is 0.509. The number of nitrogens with zero attached hydrogens (tertiary/aromatic N) is 2. The zero-order chi connectivity index (χ0) is 23.8. The summed E-state index contributed by atoms with van der Waals surface area (Å²) in [6.07, 6.45) is 6.21. The first-order chi connectivity index (χ1) is 17.2. The molecule has 1 aliphatic rings. The minimum atomic E-state index is -0.509. The molecule has 0 bridgehead atoms. The van der Waals surface area contributed by atoms with Crippen LogP contribution in [0.15, 0.2) is 85.2 Å². The summed E-state index contributed by atoms with van der Waals surface area (Å²) in [6.45, 7) is 3.29. The second-order valence-electron chi connectivity index (χ2n) is 9.80. The molecule has 3 aromatic carbocycles. The number of rotatable bonds is 6. The molecule has 6 rings (SSSR count). The Bertz CT molecular complexity index is 1460. The van der Waals surface area contributed by atoms with Crippen LogP contribution in [0.2, 0.25) is 0 Å². The number of benzene rings is 3. The van der Waals surface area contributed by atoms with Crippen molar-refractivity contribution in [3.05, 3.63) is 102 Å². The highest BCUT2D eigenvalue weighted by molar-refractivity contribution is 5.86. The second kappa shape index (κ2) is 9.20. The Balaban J connectivity index is 1.36. The molecule has 5 aromatic rings. The fraction of sp³-hybridized carbons (Fsp3) is 0.258. The summed E-state index contributed by atoms with van der Waals surface area (Å²) in [5.74, 6) is 0. The third-order valence-electron chi connectivity index (χ3n) is 7.33. The second-order valence-corrected chi connectivity index (χ2v) is 9.80. The van der Waals surface area contributed by atoms with Crippen LogP contribution in [0.1, 0.15) is 29.7 Å². The number of imidazole rings is 1. The molecule has 0 amide bonds. The van der Waals surface area contributed by atoms with E-state index in [9.17, 15) is 5.11 Å². The fourth-order valence-electron chi connectivity index (χ4n) is 5.75. The van der Waals surface area contributed by atoms with Crippen molar-refractivity contribution in [3.63, 3.8) is 0 Å². The Morgan fingerprint density at radius 3 is 2.40 bits per heavy atom. The van der Waals surface area contributed by atoms with Gasteiger partial charge in [0.1, 0.15) is 12.6 Å². The van der Waals surface area contributed by atoms with Gasteiger partial charge in [0, 0.05) is 27.7 Å². The van der Waals surface area contributed by atoms with Crippen LogP contribution >= 0.6 is 0 Å². The molecule has 2 aromatic heterocycles. The van der Waals surface area contributed by atoms with Crippen LogP contribution in [0.5, 0.6) is 0 Å². The summed E-state index contributed by atoms with van der Waals surface area (Å²) in [4.78, 5) is 3.48. The van der Waals surface area contributed by atoms with E-state index < -0.39 is 6.10 Å². The molecule has 4 heteroatoms. The lowest BCUT2D eigenvalue weighted by atomic mass is 9.95. The molecule has 1 atom stereocenters.